The van der Waals surface area contributed by atoms with Crippen molar-refractivity contribution in [2.75, 3.05) is 5.32 Å². The minimum atomic E-state index is -4.88. The van der Waals surface area contributed by atoms with Crippen LogP contribution >= 0.6 is 27.3 Å². The number of benzene rings is 1. The Bertz CT molecular complexity index is 727. The summed E-state index contributed by atoms with van der Waals surface area (Å²) < 4.78 is 35.7. The van der Waals surface area contributed by atoms with Gasteiger partial charge in [-0.25, -0.2) is 0 Å². The Hall–Kier alpha value is -1.25. The summed E-state index contributed by atoms with van der Waals surface area (Å²) in [6.07, 6.45) is 0. The van der Waals surface area contributed by atoms with Crippen LogP contribution in [0.25, 0.3) is 0 Å². The van der Waals surface area contributed by atoms with Crippen molar-refractivity contribution in [2.24, 2.45) is 0 Å². The van der Waals surface area contributed by atoms with Crippen LogP contribution in [-0.4, -0.2) is 14.3 Å². The van der Waals surface area contributed by atoms with E-state index in [0.717, 1.165) is 9.85 Å². The zero-order chi connectivity index (χ0) is 14.0. The number of thiophene rings is 1. The van der Waals surface area contributed by atoms with Gasteiger partial charge in [-0.05, 0) is 34.1 Å². The number of carbonyl (C=O) groups is 1. The molecular formula is C11H7BrFNO3S2. The molecule has 1 aromatic heterocycles. The molecule has 4 nitrogen and oxygen atoms in total. The molecule has 0 aliphatic heterocycles. The molecule has 0 bridgehead atoms. The number of hydrogen-bond donors (Lipinski definition) is 1. The standard InChI is InChI=1S/C11H7BrFNO3S2/c12-10-5-7(6-18-10)11(15)14-8-3-1-2-4-9(8)19(13,16)17/h1-6H,(H,14,15). The average Bonchev–Trinajstić information content (AvgIpc) is 2.75. The van der Waals surface area contributed by atoms with Crippen molar-refractivity contribution >= 4 is 49.1 Å². The molecule has 1 N–H and O–H groups in total. The first-order valence-corrected chi connectivity index (χ1v) is 8.02. The van der Waals surface area contributed by atoms with Crippen LogP contribution in [0.3, 0.4) is 0 Å². The lowest BCUT2D eigenvalue weighted by atomic mass is 10.3. The Morgan fingerprint density at radius 3 is 2.58 bits per heavy atom. The Kier molecular flexibility index (Phi) is 4.02. The summed E-state index contributed by atoms with van der Waals surface area (Å²) >= 11 is 4.53. The van der Waals surface area contributed by atoms with Gasteiger partial charge in [0.2, 0.25) is 0 Å². The summed E-state index contributed by atoms with van der Waals surface area (Å²) in [4.78, 5) is 11.3. The quantitative estimate of drug-likeness (QED) is 0.849. The molecule has 0 atom stereocenters. The van der Waals surface area contributed by atoms with Crippen molar-refractivity contribution in [2.45, 2.75) is 4.90 Å². The van der Waals surface area contributed by atoms with E-state index in [-0.39, 0.29) is 5.69 Å². The van der Waals surface area contributed by atoms with Gasteiger partial charge in [0, 0.05) is 5.38 Å². The highest BCUT2D eigenvalue weighted by molar-refractivity contribution is 9.11. The van der Waals surface area contributed by atoms with Crippen molar-refractivity contribution in [3.63, 3.8) is 0 Å². The van der Waals surface area contributed by atoms with E-state index >= 15 is 0 Å². The number of halogens is 2. The second kappa shape index (κ2) is 5.40. The van der Waals surface area contributed by atoms with Crippen LogP contribution in [0.4, 0.5) is 9.57 Å². The van der Waals surface area contributed by atoms with Gasteiger partial charge < -0.3 is 5.32 Å². The van der Waals surface area contributed by atoms with E-state index in [4.69, 9.17) is 0 Å². The van der Waals surface area contributed by atoms with E-state index in [1.807, 2.05) is 0 Å². The average molecular weight is 364 g/mol. The molecule has 2 aromatic rings. The molecule has 0 radical (unpaired) electrons. The first-order valence-electron chi connectivity index (χ1n) is 4.97. The molecule has 1 amide bonds. The Balaban J connectivity index is 2.32. The monoisotopic (exact) mass is 363 g/mol. The Labute approximate surface area is 121 Å². The lowest BCUT2D eigenvalue weighted by Gasteiger charge is -2.07. The van der Waals surface area contributed by atoms with Crippen LogP contribution in [-0.2, 0) is 10.2 Å². The Morgan fingerprint density at radius 2 is 2.00 bits per heavy atom. The third kappa shape index (κ3) is 3.40. The van der Waals surface area contributed by atoms with Gasteiger partial charge in [0.1, 0.15) is 4.90 Å². The molecule has 19 heavy (non-hydrogen) atoms. The van der Waals surface area contributed by atoms with Gasteiger partial charge in [0.25, 0.3) is 5.91 Å². The molecule has 0 aliphatic rings. The molecule has 8 heteroatoms. The first-order chi connectivity index (χ1) is 8.88. The maximum atomic E-state index is 13.1. The number of hydrogen-bond acceptors (Lipinski definition) is 4. The van der Waals surface area contributed by atoms with Crippen LogP contribution < -0.4 is 5.32 Å². The molecule has 0 saturated heterocycles. The maximum absolute atomic E-state index is 13.1. The second-order valence-electron chi connectivity index (χ2n) is 3.53. The van der Waals surface area contributed by atoms with Crippen LogP contribution in [0.2, 0.25) is 0 Å². The summed E-state index contributed by atoms with van der Waals surface area (Å²) in [5, 5.41) is 3.98. The normalized spacial score (nSPS) is 11.3. The predicted octanol–water partition coefficient (Wildman–Crippen LogP) is 3.42. The zero-order valence-corrected chi connectivity index (χ0v) is 12.5. The van der Waals surface area contributed by atoms with Crippen molar-refractivity contribution in [1.82, 2.24) is 0 Å². The van der Waals surface area contributed by atoms with E-state index in [1.165, 1.54) is 29.5 Å². The van der Waals surface area contributed by atoms with Crippen molar-refractivity contribution < 1.29 is 17.1 Å². The minimum Gasteiger partial charge on any atom is -0.321 e. The van der Waals surface area contributed by atoms with Gasteiger partial charge in [-0.3, -0.25) is 4.79 Å². The van der Waals surface area contributed by atoms with Gasteiger partial charge in [0.05, 0.1) is 15.0 Å². The zero-order valence-electron chi connectivity index (χ0n) is 9.26. The van der Waals surface area contributed by atoms with Gasteiger partial charge in [-0.15, -0.1) is 15.2 Å². The van der Waals surface area contributed by atoms with Crippen LogP contribution in [0, 0.1) is 0 Å². The molecule has 0 fully saturated rings. The largest absolute Gasteiger partial charge is 0.334 e. The van der Waals surface area contributed by atoms with Gasteiger partial charge in [-0.1, -0.05) is 12.1 Å². The van der Waals surface area contributed by atoms with E-state index in [0.29, 0.717) is 5.56 Å². The molecule has 1 heterocycles. The maximum Gasteiger partial charge on any atom is 0.334 e. The summed E-state index contributed by atoms with van der Waals surface area (Å²) in [5.74, 6) is -0.502. The van der Waals surface area contributed by atoms with Crippen molar-refractivity contribution in [3.8, 4) is 0 Å². The Morgan fingerprint density at radius 1 is 1.32 bits per heavy atom. The summed E-state index contributed by atoms with van der Waals surface area (Å²) in [5.41, 5.74) is 0.278. The first kappa shape index (κ1) is 14.2. The number of amides is 1. The molecule has 0 saturated carbocycles. The number of para-hydroxylation sites is 1. The van der Waals surface area contributed by atoms with Crippen LogP contribution in [0.15, 0.2) is 44.4 Å². The van der Waals surface area contributed by atoms with E-state index < -0.39 is 21.0 Å². The van der Waals surface area contributed by atoms with Crippen LogP contribution in [0.1, 0.15) is 10.4 Å². The fourth-order valence-electron chi connectivity index (χ4n) is 1.41. The van der Waals surface area contributed by atoms with Crippen molar-refractivity contribution in [1.29, 1.82) is 0 Å². The second-order valence-corrected chi connectivity index (χ2v) is 7.13. The van der Waals surface area contributed by atoms with Gasteiger partial charge in [-0.2, -0.15) is 8.42 Å². The molecule has 100 valence electrons. The predicted molar refractivity (Wildman–Crippen MR) is 74.7 cm³/mol. The number of nitrogens with one attached hydrogen (secondary N) is 1. The smallest absolute Gasteiger partial charge is 0.321 e. The van der Waals surface area contributed by atoms with E-state index in [2.05, 4.69) is 21.2 Å². The number of carbonyl (C=O) groups excluding carboxylic acids is 1. The molecule has 0 aliphatic carbocycles. The highest BCUT2D eigenvalue weighted by Crippen LogP contribution is 2.25. The van der Waals surface area contributed by atoms with Crippen molar-refractivity contribution in [3.05, 3.63) is 45.1 Å². The summed E-state index contributed by atoms with van der Waals surface area (Å²) in [6, 6.07) is 6.89. The summed E-state index contributed by atoms with van der Waals surface area (Å²) in [6.45, 7) is 0. The van der Waals surface area contributed by atoms with Gasteiger partial charge >= 0.3 is 10.2 Å². The van der Waals surface area contributed by atoms with E-state index in [1.54, 1.807) is 11.4 Å². The topological polar surface area (TPSA) is 63.2 Å². The lowest BCUT2D eigenvalue weighted by Crippen LogP contribution is -2.13. The minimum absolute atomic E-state index is 0.0858. The van der Waals surface area contributed by atoms with Gasteiger partial charge in [0.15, 0.2) is 0 Å². The number of anilines is 1. The fraction of sp³-hybridized carbons (Fsp3) is 0. The molecule has 0 spiro atoms. The number of rotatable bonds is 3. The molecule has 1 aromatic carbocycles. The molecule has 0 unspecified atom stereocenters. The lowest BCUT2D eigenvalue weighted by molar-refractivity contribution is 0.102. The van der Waals surface area contributed by atoms with Crippen LogP contribution in [0.5, 0.6) is 0 Å². The molecular weight excluding hydrogens is 357 g/mol. The van der Waals surface area contributed by atoms with E-state index in [9.17, 15) is 17.1 Å². The molecule has 2 rings (SSSR count). The highest BCUT2D eigenvalue weighted by Gasteiger charge is 2.18. The summed E-state index contributed by atoms with van der Waals surface area (Å²) in [7, 11) is -4.88. The SMILES string of the molecule is O=C(Nc1ccccc1S(=O)(=O)F)c1csc(Br)c1. The third-order valence-electron chi connectivity index (χ3n) is 2.23. The highest BCUT2D eigenvalue weighted by atomic mass is 79.9. The fourth-order valence-corrected chi connectivity index (χ4v) is 3.17. The third-order valence-corrected chi connectivity index (χ3v) is 4.61.